The average molecular weight is 487 g/mol. The summed E-state index contributed by atoms with van der Waals surface area (Å²) in [5.74, 6) is 0.354. The first-order valence-electron chi connectivity index (χ1n) is 10.4. The first-order valence-corrected chi connectivity index (χ1v) is 12.0. The number of piperidine rings is 1. The van der Waals surface area contributed by atoms with E-state index >= 15 is 0 Å². The standard InChI is InChI=1S/C21H22N6O6S/c22-34(31,32)18-6-4-16(5-7-18)23-21(28)14-8-10-26(11-9-14)13-19-24-20(25-33-19)15-2-1-3-17(12-15)27(29)30/h1-7,12,14H,8-11,13H2,(H,23,28)(H2,22,31,32). The van der Waals surface area contributed by atoms with Crippen LogP contribution in [0.4, 0.5) is 11.4 Å². The number of aromatic nitrogens is 2. The van der Waals surface area contributed by atoms with E-state index < -0.39 is 14.9 Å². The summed E-state index contributed by atoms with van der Waals surface area (Å²) in [4.78, 5) is 29.5. The summed E-state index contributed by atoms with van der Waals surface area (Å²) in [6.07, 6.45) is 1.26. The van der Waals surface area contributed by atoms with Gasteiger partial charge < -0.3 is 9.84 Å². The first kappa shape index (κ1) is 23.5. The van der Waals surface area contributed by atoms with Crippen LogP contribution in [0.3, 0.4) is 0 Å². The number of nitro groups is 1. The zero-order chi connectivity index (χ0) is 24.3. The highest BCUT2D eigenvalue weighted by Gasteiger charge is 2.26. The van der Waals surface area contributed by atoms with Gasteiger partial charge in [0.25, 0.3) is 5.69 Å². The number of nitrogens with one attached hydrogen (secondary N) is 1. The van der Waals surface area contributed by atoms with Crippen molar-refractivity contribution in [3.05, 3.63) is 64.5 Å². The molecule has 0 atom stereocenters. The monoisotopic (exact) mass is 486 g/mol. The molecule has 1 aromatic heterocycles. The van der Waals surface area contributed by atoms with Crippen LogP contribution in [-0.4, -0.2) is 47.4 Å². The molecule has 13 heteroatoms. The van der Waals surface area contributed by atoms with E-state index in [1.807, 2.05) is 0 Å². The van der Waals surface area contributed by atoms with Crippen LogP contribution in [0.25, 0.3) is 11.4 Å². The smallest absolute Gasteiger partial charge is 0.270 e. The van der Waals surface area contributed by atoms with Crippen molar-refractivity contribution in [3.8, 4) is 11.4 Å². The maximum absolute atomic E-state index is 12.6. The molecule has 12 nitrogen and oxygen atoms in total. The number of amides is 1. The van der Waals surface area contributed by atoms with Crippen molar-refractivity contribution in [1.29, 1.82) is 0 Å². The molecule has 3 aromatic rings. The molecule has 0 bridgehead atoms. The third kappa shape index (κ3) is 5.62. The van der Waals surface area contributed by atoms with E-state index in [0.717, 1.165) is 0 Å². The van der Waals surface area contributed by atoms with Gasteiger partial charge in [-0.3, -0.25) is 19.8 Å². The second-order valence-electron chi connectivity index (χ2n) is 7.93. The predicted molar refractivity (Wildman–Crippen MR) is 121 cm³/mol. The van der Waals surface area contributed by atoms with Gasteiger partial charge in [-0.05, 0) is 50.2 Å². The minimum absolute atomic E-state index is 0.0199. The van der Waals surface area contributed by atoms with Crippen LogP contribution in [0.2, 0.25) is 0 Å². The molecular weight excluding hydrogens is 464 g/mol. The highest BCUT2D eigenvalue weighted by atomic mass is 32.2. The van der Waals surface area contributed by atoms with Crippen molar-refractivity contribution >= 4 is 27.3 Å². The Morgan fingerprint density at radius 3 is 2.56 bits per heavy atom. The molecule has 0 aliphatic carbocycles. The highest BCUT2D eigenvalue weighted by molar-refractivity contribution is 7.89. The fourth-order valence-corrected chi connectivity index (χ4v) is 4.23. The van der Waals surface area contributed by atoms with E-state index in [2.05, 4.69) is 20.4 Å². The van der Waals surface area contributed by atoms with Gasteiger partial charge in [0.15, 0.2) is 0 Å². The fraction of sp³-hybridized carbons (Fsp3) is 0.286. The molecule has 1 aliphatic rings. The molecule has 0 saturated carbocycles. The molecule has 178 valence electrons. The van der Waals surface area contributed by atoms with Crippen LogP contribution in [0, 0.1) is 16.0 Å². The number of nitrogens with zero attached hydrogens (tertiary/aromatic N) is 4. The van der Waals surface area contributed by atoms with Crippen molar-refractivity contribution in [1.82, 2.24) is 15.0 Å². The van der Waals surface area contributed by atoms with E-state index in [1.165, 1.54) is 36.4 Å². The average Bonchev–Trinajstić information content (AvgIpc) is 3.28. The number of non-ortho nitro benzene ring substituents is 1. The number of carbonyl (C=O) groups excluding carboxylic acids is 1. The maximum Gasteiger partial charge on any atom is 0.270 e. The molecule has 2 heterocycles. The third-order valence-electron chi connectivity index (χ3n) is 5.55. The minimum atomic E-state index is -3.78. The number of nitro benzene ring substituents is 1. The molecule has 0 spiro atoms. The van der Waals surface area contributed by atoms with E-state index in [9.17, 15) is 23.3 Å². The van der Waals surface area contributed by atoms with Gasteiger partial charge in [-0.2, -0.15) is 4.98 Å². The van der Waals surface area contributed by atoms with E-state index in [1.54, 1.807) is 12.1 Å². The number of anilines is 1. The molecule has 2 aromatic carbocycles. The molecule has 0 radical (unpaired) electrons. The number of benzene rings is 2. The summed E-state index contributed by atoms with van der Waals surface area (Å²) in [5, 5.41) is 22.8. The molecule has 3 N–H and O–H groups in total. The summed E-state index contributed by atoms with van der Waals surface area (Å²) >= 11 is 0. The van der Waals surface area contributed by atoms with Crippen LogP contribution in [0.1, 0.15) is 18.7 Å². The zero-order valence-corrected chi connectivity index (χ0v) is 18.8. The lowest BCUT2D eigenvalue weighted by Crippen LogP contribution is -2.37. The van der Waals surface area contributed by atoms with Crippen LogP contribution < -0.4 is 10.5 Å². The molecule has 0 unspecified atom stereocenters. The number of nitrogens with two attached hydrogens (primary N) is 1. The highest BCUT2D eigenvalue weighted by Crippen LogP contribution is 2.24. The summed E-state index contributed by atoms with van der Waals surface area (Å²) in [6.45, 7) is 1.71. The minimum Gasteiger partial charge on any atom is -0.338 e. The second-order valence-corrected chi connectivity index (χ2v) is 9.49. The Morgan fingerprint density at radius 1 is 1.21 bits per heavy atom. The second kappa shape index (κ2) is 9.67. The topological polar surface area (TPSA) is 175 Å². The summed E-state index contributed by atoms with van der Waals surface area (Å²) < 4.78 is 28.0. The van der Waals surface area contributed by atoms with Crippen molar-refractivity contribution < 1.29 is 22.7 Å². The molecule has 1 aliphatic heterocycles. The lowest BCUT2D eigenvalue weighted by molar-refractivity contribution is -0.384. The fourth-order valence-electron chi connectivity index (χ4n) is 3.71. The number of carbonyl (C=O) groups is 1. The van der Waals surface area contributed by atoms with Crippen LogP contribution in [0.15, 0.2) is 57.9 Å². The Kier molecular flexibility index (Phi) is 6.68. The Labute approximate surface area is 195 Å². The SMILES string of the molecule is NS(=O)(=O)c1ccc(NC(=O)C2CCN(Cc3nc(-c4cccc([N+](=O)[O-])c4)no3)CC2)cc1. The van der Waals surface area contributed by atoms with Gasteiger partial charge in [0.2, 0.25) is 27.6 Å². The maximum atomic E-state index is 12.6. The van der Waals surface area contributed by atoms with E-state index in [4.69, 9.17) is 9.66 Å². The van der Waals surface area contributed by atoms with Crippen molar-refractivity contribution in [2.24, 2.45) is 11.1 Å². The Hall–Kier alpha value is -3.68. The largest absolute Gasteiger partial charge is 0.338 e. The van der Waals surface area contributed by atoms with Gasteiger partial charge in [-0.25, -0.2) is 13.6 Å². The molecule has 34 heavy (non-hydrogen) atoms. The quantitative estimate of drug-likeness (QED) is 0.374. The van der Waals surface area contributed by atoms with Gasteiger partial charge in [-0.15, -0.1) is 0 Å². The summed E-state index contributed by atoms with van der Waals surface area (Å²) in [6, 6.07) is 11.7. The molecular formula is C21H22N6O6S. The van der Waals surface area contributed by atoms with Crippen molar-refractivity contribution in [2.75, 3.05) is 18.4 Å². The number of likely N-dealkylation sites (tertiary alicyclic amines) is 1. The van der Waals surface area contributed by atoms with Gasteiger partial charge in [-0.1, -0.05) is 17.3 Å². The van der Waals surface area contributed by atoms with Crippen LogP contribution in [0.5, 0.6) is 0 Å². The van der Waals surface area contributed by atoms with Gasteiger partial charge in [0, 0.05) is 29.3 Å². The molecule has 1 fully saturated rings. The van der Waals surface area contributed by atoms with Crippen molar-refractivity contribution in [3.63, 3.8) is 0 Å². The summed E-state index contributed by atoms with van der Waals surface area (Å²) in [7, 11) is -3.78. The van der Waals surface area contributed by atoms with Gasteiger partial charge in [0.05, 0.1) is 16.4 Å². The molecule has 1 amide bonds. The number of hydrogen-bond acceptors (Lipinski definition) is 9. The van der Waals surface area contributed by atoms with Gasteiger partial charge in [0.1, 0.15) is 0 Å². The lowest BCUT2D eigenvalue weighted by Gasteiger charge is -2.30. The van der Waals surface area contributed by atoms with Crippen molar-refractivity contribution in [2.45, 2.75) is 24.3 Å². The van der Waals surface area contributed by atoms with E-state index in [-0.39, 0.29) is 28.2 Å². The number of sulfonamides is 1. The Morgan fingerprint density at radius 2 is 1.91 bits per heavy atom. The van der Waals surface area contributed by atoms with Gasteiger partial charge >= 0.3 is 0 Å². The predicted octanol–water partition coefficient (Wildman–Crippen LogP) is 2.14. The molecule has 4 rings (SSSR count). The third-order valence-corrected chi connectivity index (χ3v) is 6.48. The first-order chi connectivity index (χ1) is 16.2. The van der Waals surface area contributed by atoms with E-state index in [0.29, 0.717) is 49.6 Å². The number of hydrogen-bond donors (Lipinski definition) is 2. The molecule has 1 saturated heterocycles. The normalized spacial score (nSPS) is 15.2. The lowest BCUT2D eigenvalue weighted by atomic mass is 9.96. The van der Waals surface area contributed by atoms with Crippen LogP contribution >= 0.6 is 0 Å². The number of rotatable bonds is 7. The summed E-state index contributed by atoms with van der Waals surface area (Å²) in [5.41, 5.74) is 0.945. The Bertz CT molecular complexity index is 1300. The number of primary sulfonamides is 1. The Balaban J connectivity index is 1.29. The zero-order valence-electron chi connectivity index (χ0n) is 18.0. The van der Waals surface area contributed by atoms with Crippen LogP contribution in [-0.2, 0) is 21.4 Å².